The van der Waals surface area contributed by atoms with Gasteiger partial charge in [0, 0.05) is 4.88 Å². The molecule has 17 heavy (non-hydrogen) atoms. The summed E-state index contributed by atoms with van der Waals surface area (Å²) >= 11 is 7.50. The van der Waals surface area contributed by atoms with Crippen molar-refractivity contribution in [2.24, 2.45) is 10.8 Å². The molecule has 0 radical (unpaired) electrons. The zero-order chi connectivity index (χ0) is 12.9. The van der Waals surface area contributed by atoms with E-state index in [-0.39, 0.29) is 10.8 Å². The van der Waals surface area contributed by atoms with Gasteiger partial charge >= 0.3 is 0 Å². The van der Waals surface area contributed by atoms with Crippen LogP contribution in [0.15, 0.2) is 12.1 Å². The Morgan fingerprint density at radius 2 is 1.59 bits per heavy atom. The van der Waals surface area contributed by atoms with E-state index in [4.69, 9.17) is 11.6 Å². The lowest BCUT2D eigenvalue weighted by molar-refractivity contribution is -0.0889. The fourth-order valence-corrected chi connectivity index (χ4v) is 4.93. The molecule has 1 aromatic heterocycles. The standard InChI is InChI=1S/C14H21ClOS/c1-12(2)7-13(3,4)9-14(16,8-12)10-5-6-11(15)17-10/h5-6,16H,7-9H2,1-4H3. The highest BCUT2D eigenvalue weighted by Gasteiger charge is 2.47. The number of thiophene rings is 1. The minimum atomic E-state index is -0.705. The van der Waals surface area contributed by atoms with Crippen LogP contribution in [0, 0.1) is 10.8 Å². The Morgan fingerprint density at radius 1 is 1.06 bits per heavy atom. The van der Waals surface area contributed by atoms with E-state index in [0.29, 0.717) is 0 Å². The van der Waals surface area contributed by atoms with E-state index in [1.807, 2.05) is 12.1 Å². The number of halogens is 1. The molecule has 1 fully saturated rings. The van der Waals surface area contributed by atoms with Gasteiger partial charge in [0.05, 0.1) is 9.94 Å². The van der Waals surface area contributed by atoms with Gasteiger partial charge in [0.15, 0.2) is 0 Å². The second-order valence-corrected chi connectivity index (χ2v) is 8.71. The largest absolute Gasteiger partial charge is 0.384 e. The number of hydrogen-bond donors (Lipinski definition) is 1. The molecule has 2 rings (SSSR count). The van der Waals surface area contributed by atoms with Crippen molar-refractivity contribution in [2.45, 2.75) is 52.6 Å². The third-order valence-electron chi connectivity index (χ3n) is 3.53. The van der Waals surface area contributed by atoms with Crippen molar-refractivity contribution in [3.63, 3.8) is 0 Å². The van der Waals surface area contributed by atoms with E-state index in [1.54, 1.807) is 0 Å². The van der Waals surface area contributed by atoms with Crippen molar-refractivity contribution < 1.29 is 5.11 Å². The van der Waals surface area contributed by atoms with Gasteiger partial charge in [0.2, 0.25) is 0 Å². The normalized spacial score (nSPS) is 25.8. The SMILES string of the molecule is CC1(C)CC(C)(C)CC(O)(c2ccc(Cl)s2)C1. The molecule has 1 aliphatic carbocycles. The molecule has 1 aliphatic rings. The monoisotopic (exact) mass is 272 g/mol. The summed E-state index contributed by atoms with van der Waals surface area (Å²) in [6.07, 6.45) is 2.79. The molecule has 1 heterocycles. The summed E-state index contributed by atoms with van der Waals surface area (Å²) < 4.78 is 0.759. The summed E-state index contributed by atoms with van der Waals surface area (Å²) in [5.41, 5.74) is -0.358. The Morgan fingerprint density at radius 3 is 2.00 bits per heavy atom. The van der Waals surface area contributed by atoms with E-state index < -0.39 is 5.60 Å². The molecule has 0 aromatic carbocycles. The molecule has 0 bridgehead atoms. The second kappa shape index (κ2) is 3.97. The fraction of sp³-hybridized carbons (Fsp3) is 0.714. The van der Waals surface area contributed by atoms with Crippen LogP contribution in [0.3, 0.4) is 0 Å². The molecule has 1 nitrogen and oxygen atoms in total. The maximum Gasteiger partial charge on any atom is 0.0998 e. The van der Waals surface area contributed by atoms with Gasteiger partial charge in [-0.3, -0.25) is 0 Å². The van der Waals surface area contributed by atoms with E-state index in [9.17, 15) is 5.11 Å². The Labute approximate surface area is 113 Å². The van der Waals surface area contributed by atoms with Crippen LogP contribution in [0.2, 0.25) is 4.34 Å². The van der Waals surface area contributed by atoms with Gasteiger partial charge in [0.25, 0.3) is 0 Å². The van der Waals surface area contributed by atoms with Crippen LogP contribution in [-0.2, 0) is 5.60 Å². The summed E-state index contributed by atoms with van der Waals surface area (Å²) in [6, 6.07) is 3.86. The van der Waals surface area contributed by atoms with Gasteiger partial charge < -0.3 is 5.11 Å². The molecule has 0 saturated heterocycles. The van der Waals surface area contributed by atoms with E-state index >= 15 is 0 Å². The van der Waals surface area contributed by atoms with Gasteiger partial charge in [-0.2, -0.15) is 0 Å². The zero-order valence-electron chi connectivity index (χ0n) is 11.0. The first-order chi connectivity index (χ1) is 7.62. The Balaban J connectivity index is 2.36. The van der Waals surface area contributed by atoms with Crippen LogP contribution in [0.5, 0.6) is 0 Å². The molecular weight excluding hydrogens is 252 g/mol. The molecule has 0 atom stereocenters. The molecule has 96 valence electrons. The zero-order valence-corrected chi connectivity index (χ0v) is 12.6. The van der Waals surface area contributed by atoms with E-state index in [0.717, 1.165) is 28.5 Å². The highest BCUT2D eigenvalue weighted by Crippen LogP contribution is 2.54. The smallest absolute Gasteiger partial charge is 0.0998 e. The number of rotatable bonds is 1. The first-order valence-corrected chi connectivity index (χ1v) is 7.30. The van der Waals surface area contributed by atoms with Crippen molar-refractivity contribution in [3.05, 3.63) is 21.3 Å². The topological polar surface area (TPSA) is 20.2 Å². The lowest BCUT2D eigenvalue weighted by Crippen LogP contribution is -2.43. The number of hydrogen-bond acceptors (Lipinski definition) is 2. The van der Waals surface area contributed by atoms with Crippen LogP contribution in [0.4, 0.5) is 0 Å². The van der Waals surface area contributed by atoms with E-state index in [1.165, 1.54) is 11.3 Å². The summed E-state index contributed by atoms with van der Waals surface area (Å²) in [6.45, 7) is 8.98. The van der Waals surface area contributed by atoms with Gasteiger partial charge in [-0.15, -0.1) is 11.3 Å². The summed E-state index contributed by atoms with van der Waals surface area (Å²) in [4.78, 5) is 1.02. The van der Waals surface area contributed by atoms with Crippen LogP contribution in [0.1, 0.15) is 51.8 Å². The first-order valence-electron chi connectivity index (χ1n) is 6.10. The Hall–Kier alpha value is -0.0500. The van der Waals surface area contributed by atoms with Crippen molar-refractivity contribution >= 4 is 22.9 Å². The molecule has 1 N–H and O–H groups in total. The second-order valence-electron chi connectivity index (χ2n) is 6.99. The molecule has 0 aliphatic heterocycles. The predicted octanol–water partition coefficient (Wildman–Crippen LogP) is 4.83. The Bertz CT molecular complexity index is 404. The molecule has 3 heteroatoms. The third-order valence-corrected chi connectivity index (χ3v) is 4.96. The van der Waals surface area contributed by atoms with Gasteiger partial charge in [-0.05, 0) is 42.2 Å². The molecule has 1 saturated carbocycles. The third kappa shape index (κ3) is 2.86. The molecular formula is C14H21ClOS. The van der Waals surface area contributed by atoms with E-state index in [2.05, 4.69) is 27.7 Å². The summed E-state index contributed by atoms with van der Waals surface area (Å²) in [7, 11) is 0. The van der Waals surface area contributed by atoms with Gasteiger partial charge in [0.1, 0.15) is 0 Å². The lowest BCUT2D eigenvalue weighted by atomic mass is 9.59. The minimum absolute atomic E-state index is 0.174. The summed E-state index contributed by atoms with van der Waals surface area (Å²) in [5.74, 6) is 0. The minimum Gasteiger partial charge on any atom is -0.384 e. The maximum atomic E-state index is 11.0. The Kier molecular flexibility index (Phi) is 3.13. The average Bonchev–Trinajstić information content (AvgIpc) is 2.44. The maximum absolute atomic E-state index is 11.0. The van der Waals surface area contributed by atoms with Crippen molar-refractivity contribution in [3.8, 4) is 0 Å². The van der Waals surface area contributed by atoms with Crippen LogP contribution in [-0.4, -0.2) is 5.11 Å². The molecule has 0 spiro atoms. The fourth-order valence-electron chi connectivity index (χ4n) is 3.80. The quantitative estimate of drug-likeness (QED) is 0.777. The van der Waals surface area contributed by atoms with Crippen molar-refractivity contribution in [1.82, 2.24) is 0 Å². The first kappa shape index (κ1) is 13.4. The summed E-state index contributed by atoms with van der Waals surface area (Å²) in [5, 5.41) is 11.0. The molecule has 1 aromatic rings. The lowest BCUT2D eigenvalue weighted by Gasteiger charge is -2.49. The van der Waals surface area contributed by atoms with Gasteiger partial charge in [-0.25, -0.2) is 0 Å². The van der Waals surface area contributed by atoms with Crippen molar-refractivity contribution in [2.75, 3.05) is 0 Å². The highest BCUT2D eigenvalue weighted by molar-refractivity contribution is 7.16. The molecule has 0 amide bonds. The van der Waals surface area contributed by atoms with Gasteiger partial charge in [-0.1, -0.05) is 39.3 Å². The van der Waals surface area contributed by atoms with Crippen LogP contribution >= 0.6 is 22.9 Å². The van der Waals surface area contributed by atoms with Crippen LogP contribution < -0.4 is 0 Å². The van der Waals surface area contributed by atoms with Crippen LogP contribution in [0.25, 0.3) is 0 Å². The predicted molar refractivity (Wildman–Crippen MR) is 74.6 cm³/mol. The average molecular weight is 273 g/mol. The van der Waals surface area contributed by atoms with Crippen molar-refractivity contribution in [1.29, 1.82) is 0 Å². The molecule has 0 unspecified atom stereocenters. The number of aliphatic hydroxyl groups is 1. The highest BCUT2D eigenvalue weighted by atomic mass is 35.5.